The summed E-state index contributed by atoms with van der Waals surface area (Å²) in [7, 11) is 0. The van der Waals surface area contributed by atoms with Crippen molar-refractivity contribution in [2.75, 3.05) is 6.61 Å². The zero-order valence-electron chi connectivity index (χ0n) is 11.9. The number of ether oxygens (including phenoxy) is 1. The molecule has 1 amide bonds. The van der Waals surface area contributed by atoms with Crippen molar-refractivity contribution in [3.05, 3.63) is 0 Å². The molecule has 0 radical (unpaired) electrons. The van der Waals surface area contributed by atoms with Gasteiger partial charge in [-0.3, -0.25) is 4.79 Å². The fourth-order valence-corrected chi connectivity index (χ4v) is 2.46. The molecule has 1 aliphatic carbocycles. The highest BCUT2D eigenvalue weighted by Crippen LogP contribution is 2.27. The van der Waals surface area contributed by atoms with Gasteiger partial charge in [-0.05, 0) is 26.2 Å². The molecule has 0 bridgehead atoms. The Kier molecular flexibility index (Phi) is 6.84. The highest BCUT2D eigenvalue weighted by Gasteiger charge is 2.25. The molecule has 0 unspecified atom stereocenters. The number of carboxylic acid groups (broad SMARTS) is 1. The van der Waals surface area contributed by atoms with E-state index >= 15 is 0 Å². The van der Waals surface area contributed by atoms with E-state index < -0.39 is 12.0 Å². The first-order valence-corrected chi connectivity index (χ1v) is 7.12. The Labute approximate surface area is 114 Å². The molecule has 5 heteroatoms. The van der Waals surface area contributed by atoms with E-state index in [1.165, 1.54) is 19.3 Å². The first kappa shape index (κ1) is 16.0. The van der Waals surface area contributed by atoms with Gasteiger partial charge >= 0.3 is 5.97 Å². The van der Waals surface area contributed by atoms with Crippen LogP contribution in [0.5, 0.6) is 0 Å². The molecule has 1 rings (SSSR count). The van der Waals surface area contributed by atoms with E-state index in [4.69, 9.17) is 4.74 Å². The Hall–Kier alpha value is -1.10. The molecule has 1 saturated carbocycles. The topological polar surface area (TPSA) is 75.6 Å². The lowest BCUT2D eigenvalue weighted by Gasteiger charge is -2.25. The number of carbonyl (C=O) groups excluding carboxylic acids is 1. The van der Waals surface area contributed by atoms with E-state index in [0.717, 1.165) is 12.8 Å². The summed E-state index contributed by atoms with van der Waals surface area (Å²) in [4.78, 5) is 22.8. The first-order chi connectivity index (χ1) is 8.99. The van der Waals surface area contributed by atoms with Gasteiger partial charge in [0.05, 0.1) is 6.10 Å². The second-order valence-electron chi connectivity index (χ2n) is 5.56. The largest absolute Gasteiger partial charge is 0.480 e. The normalized spacial score (nSPS) is 18.3. The van der Waals surface area contributed by atoms with Crippen molar-refractivity contribution < 1.29 is 19.4 Å². The lowest BCUT2D eigenvalue weighted by molar-refractivity contribution is -0.143. The quantitative estimate of drug-likeness (QED) is 0.742. The molecule has 1 aliphatic rings. The Balaban J connectivity index is 2.38. The van der Waals surface area contributed by atoms with Crippen LogP contribution in [0.3, 0.4) is 0 Å². The molecular formula is C14H25NO4. The predicted molar refractivity (Wildman–Crippen MR) is 71.8 cm³/mol. The Morgan fingerprint density at radius 1 is 1.26 bits per heavy atom. The lowest BCUT2D eigenvalue weighted by Crippen LogP contribution is -2.44. The third-order valence-electron chi connectivity index (χ3n) is 3.47. The second kappa shape index (κ2) is 8.15. The number of hydrogen-bond acceptors (Lipinski definition) is 3. The fraction of sp³-hybridized carbons (Fsp3) is 0.857. The molecule has 2 N–H and O–H groups in total. The Bertz CT molecular complexity index is 298. The van der Waals surface area contributed by atoms with Crippen LogP contribution in [0.2, 0.25) is 0 Å². The van der Waals surface area contributed by atoms with Crippen LogP contribution in [0.1, 0.15) is 52.4 Å². The zero-order chi connectivity index (χ0) is 14.3. The second-order valence-corrected chi connectivity index (χ2v) is 5.56. The van der Waals surface area contributed by atoms with Gasteiger partial charge in [0, 0.05) is 0 Å². The third-order valence-corrected chi connectivity index (χ3v) is 3.47. The SMILES string of the molecule is CC(C)OCC(=O)N[C@@H](CC1CCCCC1)C(=O)O. The average molecular weight is 271 g/mol. The molecule has 0 spiro atoms. The van der Waals surface area contributed by atoms with Crippen LogP contribution in [0.15, 0.2) is 0 Å². The number of rotatable bonds is 7. The maximum atomic E-state index is 11.6. The highest BCUT2D eigenvalue weighted by molar-refractivity contribution is 5.84. The van der Waals surface area contributed by atoms with Gasteiger partial charge in [0.2, 0.25) is 5.91 Å². The minimum Gasteiger partial charge on any atom is -0.480 e. The van der Waals surface area contributed by atoms with E-state index in [1.54, 1.807) is 0 Å². The van der Waals surface area contributed by atoms with Gasteiger partial charge in [-0.15, -0.1) is 0 Å². The van der Waals surface area contributed by atoms with Crippen molar-refractivity contribution >= 4 is 11.9 Å². The van der Waals surface area contributed by atoms with Crippen LogP contribution >= 0.6 is 0 Å². The van der Waals surface area contributed by atoms with Crippen molar-refractivity contribution in [2.45, 2.75) is 64.5 Å². The van der Waals surface area contributed by atoms with Crippen molar-refractivity contribution in [1.29, 1.82) is 0 Å². The maximum absolute atomic E-state index is 11.6. The first-order valence-electron chi connectivity index (χ1n) is 7.12. The van der Waals surface area contributed by atoms with Crippen molar-refractivity contribution in [1.82, 2.24) is 5.32 Å². The number of carboxylic acids is 1. The van der Waals surface area contributed by atoms with Crippen LogP contribution < -0.4 is 5.32 Å². The molecule has 0 heterocycles. The van der Waals surface area contributed by atoms with Crippen molar-refractivity contribution in [3.63, 3.8) is 0 Å². The van der Waals surface area contributed by atoms with Gasteiger partial charge in [-0.25, -0.2) is 4.79 Å². The fourth-order valence-electron chi connectivity index (χ4n) is 2.46. The van der Waals surface area contributed by atoms with Crippen molar-refractivity contribution in [3.8, 4) is 0 Å². The van der Waals surface area contributed by atoms with Crippen LogP contribution in [0.25, 0.3) is 0 Å². The molecule has 0 aliphatic heterocycles. The van der Waals surface area contributed by atoms with Gasteiger partial charge in [0.15, 0.2) is 0 Å². The van der Waals surface area contributed by atoms with E-state index in [0.29, 0.717) is 12.3 Å². The smallest absolute Gasteiger partial charge is 0.326 e. The van der Waals surface area contributed by atoms with Crippen LogP contribution in [0.4, 0.5) is 0 Å². The van der Waals surface area contributed by atoms with E-state index in [9.17, 15) is 14.7 Å². The summed E-state index contributed by atoms with van der Waals surface area (Å²) in [5.41, 5.74) is 0. The summed E-state index contributed by atoms with van der Waals surface area (Å²) in [6, 6.07) is -0.786. The van der Waals surface area contributed by atoms with Crippen LogP contribution in [-0.4, -0.2) is 35.7 Å². The maximum Gasteiger partial charge on any atom is 0.326 e. The minimum atomic E-state index is -0.955. The molecular weight excluding hydrogens is 246 g/mol. The summed E-state index contributed by atoms with van der Waals surface area (Å²) < 4.78 is 5.17. The predicted octanol–water partition coefficient (Wildman–Crippen LogP) is 1.95. The minimum absolute atomic E-state index is 0.0348. The summed E-state index contributed by atoms with van der Waals surface area (Å²) in [5.74, 6) is -0.887. The number of aliphatic carboxylic acids is 1. The highest BCUT2D eigenvalue weighted by atomic mass is 16.5. The molecule has 110 valence electrons. The number of hydrogen-bond donors (Lipinski definition) is 2. The molecule has 5 nitrogen and oxygen atoms in total. The summed E-state index contributed by atoms with van der Waals surface area (Å²) in [6.45, 7) is 3.60. The molecule has 0 aromatic heterocycles. The van der Waals surface area contributed by atoms with E-state index in [2.05, 4.69) is 5.32 Å². The van der Waals surface area contributed by atoms with Gasteiger partial charge in [0.25, 0.3) is 0 Å². The van der Waals surface area contributed by atoms with E-state index in [1.807, 2.05) is 13.8 Å². The lowest BCUT2D eigenvalue weighted by atomic mass is 9.85. The standard InChI is InChI=1S/C14H25NO4/c1-10(2)19-9-13(16)15-12(14(17)18)8-11-6-4-3-5-7-11/h10-12H,3-9H2,1-2H3,(H,15,16)(H,17,18)/t12-/m0/s1. The van der Waals surface area contributed by atoms with Gasteiger partial charge in [-0.1, -0.05) is 32.1 Å². The molecule has 0 aromatic rings. The number of carbonyl (C=O) groups is 2. The summed E-state index contributed by atoms with van der Waals surface area (Å²) in [5, 5.41) is 11.7. The van der Waals surface area contributed by atoms with Gasteiger partial charge in [0.1, 0.15) is 12.6 Å². The zero-order valence-corrected chi connectivity index (χ0v) is 11.9. The van der Waals surface area contributed by atoms with Crippen LogP contribution in [0, 0.1) is 5.92 Å². The van der Waals surface area contributed by atoms with Gasteiger partial charge < -0.3 is 15.2 Å². The molecule has 0 aromatic carbocycles. The summed E-state index contributed by atoms with van der Waals surface area (Å²) >= 11 is 0. The van der Waals surface area contributed by atoms with E-state index in [-0.39, 0.29) is 18.6 Å². The molecule has 1 fully saturated rings. The van der Waals surface area contributed by atoms with Gasteiger partial charge in [-0.2, -0.15) is 0 Å². The number of amides is 1. The molecule has 19 heavy (non-hydrogen) atoms. The summed E-state index contributed by atoms with van der Waals surface area (Å²) in [6.07, 6.45) is 6.21. The number of nitrogens with one attached hydrogen (secondary N) is 1. The Morgan fingerprint density at radius 3 is 2.42 bits per heavy atom. The monoisotopic (exact) mass is 271 g/mol. The van der Waals surface area contributed by atoms with Crippen LogP contribution in [-0.2, 0) is 14.3 Å². The molecule has 0 saturated heterocycles. The Morgan fingerprint density at radius 2 is 1.89 bits per heavy atom. The third kappa shape index (κ3) is 6.57. The average Bonchev–Trinajstić information content (AvgIpc) is 2.36. The molecule has 1 atom stereocenters. The van der Waals surface area contributed by atoms with Crippen molar-refractivity contribution in [2.24, 2.45) is 5.92 Å².